The predicted octanol–water partition coefficient (Wildman–Crippen LogP) is 1.30. The van der Waals surface area contributed by atoms with E-state index in [0.717, 1.165) is 0 Å². The zero-order valence-corrected chi connectivity index (χ0v) is 10.2. The zero-order chi connectivity index (χ0) is 11.6. The van der Waals surface area contributed by atoms with E-state index in [1.54, 1.807) is 13.8 Å². The van der Waals surface area contributed by atoms with Crippen LogP contribution in [0.5, 0.6) is 0 Å². The molecule has 84 valence electrons. The van der Waals surface area contributed by atoms with Crippen molar-refractivity contribution in [3.8, 4) is 0 Å². The molecule has 1 N–H and O–H groups in total. The Hall–Kier alpha value is -0.410. The fourth-order valence-corrected chi connectivity index (χ4v) is 1.20. The third-order valence-electron chi connectivity index (χ3n) is 1.91. The second-order valence-electron chi connectivity index (χ2n) is 5.66. The Bertz CT molecular complexity index is 198. The van der Waals surface area contributed by atoms with Gasteiger partial charge < -0.3 is 5.11 Å². The number of nitrogens with zero attached hydrogens (tertiary/aromatic N) is 1. The number of hydrogen-bond donors (Lipinski definition) is 1. The van der Waals surface area contributed by atoms with E-state index in [2.05, 4.69) is 0 Å². The Labute approximate surface area is 87.1 Å². The highest BCUT2D eigenvalue weighted by Gasteiger charge is 2.24. The van der Waals surface area contributed by atoms with Gasteiger partial charge in [0.05, 0.1) is 12.1 Å². The van der Waals surface area contributed by atoms with Crippen molar-refractivity contribution < 1.29 is 9.90 Å². The minimum absolute atomic E-state index is 0.198. The molecule has 0 unspecified atom stereocenters. The van der Waals surface area contributed by atoms with Crippen molar-refractivity contribution >= 4 is 5.78 Å². The molecule has 0 spiro atoms. The molecule has 0 amide bonds. The number of hydrogen-bond acceptors (Lipinski definition) is 3. The molecule has 0 saturated carbocycles. The number of ketones is 1. The van der Waals surface area contributed by atoms with Gasteiger partial charge in [-0.2, -0.15) is 0 Å². The molecule has 0 aliphatic heterocycles. The Kier molecular flexibility index (Phi) is 4.28. The fraction of sp³-hybridized carbons (Fsp3) is 0.909. The summed E-state index contributed by atoms with van der Waals surface area (Å²) in [5.41, 5.74) is -1.04. The van der Waals surface area contributed by atoms with Crippen LogP contribution in [0.15, 0.2) is 0 Å². The highest BCUT2D eigenvalue weighted by Crippen LogP contribution is 2.15. The summed E-state index contributed by atoms with van der Waals surface area (Å²) in [6.45, 7) is 10.1. The second kappa shape index (κ2) is 4.41. The molecule has 0 atom stereocenters. The first-order valence-corrected chi connectivity index (χ1v) is 4.96. The van der Waals surface area contributed by atoms with E-state index in [-0.39, 0.29) is 11.2 Å². The molecule has 0 radical (unpaired) electrons. The summed E-state index contributed by atoms with van der Waals surface area (Å²) in [4.78, 5) is 13.5. The molecular formula is C11H23NO2. The molecule has 0 aliphatic carbocycles. The Morgan fingerprint density at radius 2 is 1.64 bits per heavy atom. The van der Waals surface area contributed by atoms with Crippen LogP contribution in [0.2, 0.25) is 0 Å². The number of carbonyl (C=O) groups excluding carboxylic acids is 1. The monoisotopic (exact) mass is 201 g/mol. The van der Waals surface area contributed by atoms with Gasteiger partial charge in [0.1, 0.15) is 0 Å². The largest absolute Gasteiger partial charge is 0.389 e. The molecule has 0 aromatic rings. The lowest BCUT2D eigenvalue weighted by Crippen LogP contribution is -2.41. The summed E-state index contributed by atoms with van der Waals surface area (Å²) in [7, 11) is 1.85. The van der Waals surface area contributed by atoms with Gasteiger partial charge in [0.15, 0.2) is 5.78 Å². The number of Topliss-reactive ketones (excluding diaryl/α,β-unsaturated/α-hetero) is 1. The van der Waals surface area contributed by atoms with Crippen LogP contribution in [0.25, 0.3) is 0 Å². The highest BCUT2D eigenvalue weighted by molar-refractivity contribution is 5.85. The van der Waals surface area contributed by atoms with Crippen molar-refractivity contribution in [3.63, 3.8) is 0 Å². The van der Waals surface area contributed by atoms with Crippen molar-refractivity contribution in [2.75, 3.05) is 20.1 Å². The lowest BCUT2D eigenvalue weighted by atomic mass is 9.90. The third kappa shape index (κ3) is 6.11. The quantitative estimate of drug-likeness (QED) is 0.745. The van der Waals surface area contributed by atoms with E-state index in [1.165, 1.54) is 0 Å². The van der Waals surface area contributed by atoms with Gasteiger partial charge in [-0.3, -0.25) is 9.69 Å². The predicted molar refractivity (Wildman–Crippen MR) is 58.3 cm³/mol. The molecule has 3 heteroatoms. The van der Waals surface area contributed by atoms with E-state index in [4.69, 9.17) is 0 Å². The maximum atomic E-state index is 11.6. The van der Waals surface area contributed by atoms with E-state index in [0.29, 0.717) is 13.1 Å². The molecule has 0 rings (SSSR count). The van der Waals surface area contributed by atoms with Crippen LogP contribution < -0.4 is 0 Å². The van der Waals surface area contributed by atoms with E-state index >= 15 is 0 Å². The summed E-state index contributed by atoms with van der Waals surface area (Å²) in [6, 6.07) is 0. The number of likely N-dealkylation sites (N-methyl/N-ethyl adjacent to an activating group) is 1. The summed E-state index contributed by atoms with van der Waals surface area (Å²) in [5, 5.41) is 9.55. The van der Waals surface area contributed by atoms with Crippen LogP contribution >= 0.6 is 0 Å². The Balaban J connectivity index is 4.09. The average Bonchev–Trinajstić information content (AvgIpc) is 1.79. The minimum Gasteiger partial charge on any atom is -0.389 e. The first-order valence-electron chi connectivity index (χ1n) is 4.96. The van der Waals surface area contributed by atoms with Gasteiger partial charge in [0, 0.05) is 12.0 Å². The molecule has 0 aromatic carbocycles. The summed E-state index contributed by atoms with van der Waals surface area (Å²) in [5.74, 6) is 0.198. The highest BCUT2D eigenvalue weighted by atomic mass is 16.3. The van der Waals surface area contributed by atoms with Gasteiger partial charge in [0.25, 0.3) is 0 Å². The van der Waals surface area contributed by atoms with Crippen molar-refractivity contribution in [1.29, 1.82) is 0 Å². The van der Waals surface area contributed by atoms with Crippen molar-refractivity contribution in [2.24, 2.45) is 5.41 Å². The Morgan fingerprint density at radius 1 is 1.21 bits per heavy atom. The van der Waals surface area contributed by atoms with Crippen molar-refractivity contribution in [2.45, 2.75) is 40.2 Å². The van der Waals surface area contributed by atoms with Crippen LogP contribution in [-0.2, 0) is 4.79 Å². The SMILES string of the molecule is CN(CC(=O)C(C)(C)C)CC(C)(C)O. The van der Waals surface area contributed by atoms with E-state index in [9.17, 15) is 9.90 Å². The number of carbonyl (C=O) groups is 1. The number of aliphatic hydroxyl groups is 1. The molecule has 0 saturated heterocycles. The molecule has 3 nitrogen and oxygen atoms in total. The van der Waals surface area contributed by atoms with Gasteiger partial charge in [0.2, 0.25) is 0 Å². The topological polar surface area (TPSA) is 40.5 Å². The lowest BCUT2D eigenvalue weighted by Gasteiger charge is -2.27. The van der Waals surface area contributed by atoms with Crippen molar-refractivity contribution in [3.05, 3.63) is 0 Å². The van der Waals surface area contributed by atoms with Crippen LogP contribution in [0.1, 0.15) is 34.6 Å². The van der Waals surface area contributed by atoms with Gasteiger partial charge in [-0.05, 0) is 20.9 Å². The van der Waals surface area contributed by atoms with Crippen LogP contribution in [0.3, 0.4) is 0 Å². The Morgan fingerprint density at radius 3 is 1.93 bits per heavy atom. The van der Waals surface area contributed by atoms with Gasteiger partial charge in [-0.15, -0.1) is 0 Å². The van der Waals surface area contributed by atoms with Crippen molar-refractivity contribution in [1.82, 2.24) is 4.90 Å². The summed E-state index contributed by atoms with van der Waals surface area (Å²) < 4.78 is 0. The van der Waals surface area contributed by atoms with E-state index < -0.39 is 5.60 Å². The smallest absolute Gasteiger partial charge is 0.152 e. The molecular weight excluding hydrogens is 178 g/mol. The second-order valence-corrected chi connectivity index (χ2v) is 5.66. The maximum absolute atomic E-state index is 11.6. The molecule has 14 heavy (non-hydrogen) atoms. The zero-order valence-electron chi connectivity index (χ0n) is 10.2. The van der Waals surface area contributed by atoms with Gasteiger partial charge in [-0.1, -0.05) is 20.8 Å². The fourth-order valence-electron chi connectivity index (χ4n) is 1.20. The molecule has 0 heterocycles. The summed E-state index contributed by atoms with van der Waals surface area (Å²) >= 11 is 0. The molecule has 0 aromatic heterocycles. The molecule has 0 fully saturated rings. The standard InChI is InChI=1S/C11H23NO2/c1-10(2,3)9(13)7-12(6)8-11(4,5)14/h14H,7-8H2,1-6H3. The first kappa shape index (κ1) is 13.6. The van der Waals surface area contributed by atoms with Crippen LogP contribution in [-0.4, -0.2) is 41.5 Å². The number of rotatable bonds is 4. The van der Waals surface area contributed by atoms with Gasteiger partial charge in [-0.25, -0.2) is 0 Å². The third-order valence-corrected chi connectivity index (χ3v) is 1.91. The van der Waals surface area contributed by atoms with Gasteiger partial charge >= 0.3 is 0 Å². The first-order chi connectivity index (χ1) is 6.02. The van der Waals surface area contributed by atoms with E-state index in [1.807, 2.05) is 32.7 Å². The lowest BCUT2D eigenvalue weighted by molar-refractivity contribution is -0.127. The average molecular weight is 201 g/mol. The van der Waals surface area contributed by atoms with Crippen LogP contribution in [0.4, 0.5) is 0 Å². The minimum atomic E-state index is -0.743. The molecule has 0 aliphatic rings. The maximum Gasteiger partial charge on any atom is 0.152 e. The molecule has 0 bridgehead atoms. The summed E-state index contributed by atoms with van der Waals surface area (Å²) in [6.07, 6.45) is 0. The normalized spacial score (nSPS) is 13.4. The van der Waals surface area contributed by atoms with Crippen LogP contribution in [0, 0.1) is 5.41 Å².